The number of carbonyl (C=O) groups excluding carboxylic acids is 1. The second-order valence-corrected chi connectivity index (χ2v) is 7.26. The van der Waals surface area contributed by atoms with Crippen molar-refractivity contribution in [2.24, 2.45) is 11.8 Å². The molecular weight excluding hydrogens is 302 g/mol. The summed E-state index contributed by atoms with van der Waals surface area (Å²) in [5.41, 5.74) is 0. The van der Waals surface area contributed by atoms with Crippen molar-refractivity contribution < 1.29 is 4.79 Å². The second kappa shape index (κ2) is 6.07. The first kappa shape index (κ1) is 15.0. The lowest BCUT2D eigenvalue weighted by molar-refractivity contribution is 0.0442. The fraction of sp³-hybridized carbons (Fsp3) is 0.471. The normalized spacial score (nSPS) is 27.5. The van der Waals surface area contributed by atoms with Gasteiger partial charge in [-0.3, -0.25) is 4.79 Å². The summed E-state index contributed by atoms with van der Waals surface area (Å²) in [4.78, 5) is 16.0. The van der Waals surface area contributed by atoms with E-state index in [0.29, 0.717) is 11.7 Å². The third-order valence-electron chi connectivity index (χ3n) is 4.94. The average molecular weight is 322 g/mol. The average Bonchev–Trinajstić information content (AvgIpc) is 2.92. The molecule has 0 spiro atoms. The van der Waals surface area contributed by atoms with Gasteiger partial charge in [0.15, 0.2) is 5.78 Å². The van der Waals surface area contributed by atoms with Gasteiger partial charge in [-0.05, 0) is 55.3 Å². The van der Waals surface area contributed by atoms with Crippen molar-refractivity contribution in [3.63, 3.8) is 0 Å². The Morgan fingerprint density at radius 1 is 1.24 bits per heavy atom. The van der Waals surface area contributed by atoms with Crippen LogP contribution in [0.2, 0.25) is 0 Å². The maximum atomic E-state index is 12.6. The molecule has 3 saturated heterocycles. The maximum absolute atomic E-state index is 12.6. The molecule has 1 aromatic carbocycles. The Hall–Kier alpha value is -0.900. The van der Waals surface area contributed by atoms with Crippen LogP contribution in [-0.4, -0.2) is 30.3 Å². The fourth-order valence-corrected chi connectivity index (χ4v) is 4.79. The third-order valence-corrected chi connectivity index (χ3v) is 6.10. The number of halogens is 1. The second-order valence-electron chi connectivity index (χ2n) is 6.17. The zero-order chi connectivity index (χ0) is 13.5. The van der Waals surface area contributed by atoms with Crippen LogP contribution in [0.5, 0.6) is 0 Å². The molecule has 112 valence electrons. The van der Waals surface area contributed by atoms with E-state index >= 15 is 0 Å². The summed E-state index contributed by atoms with van der Waals surface area (Å²) in [6.45, 7) is 3.64. The lowest BCUT2D eigenvalue weighted by atomic mass is 9.76. The maximum Gasteiger partial charge on any atom is 0.173 e. The van der Waals surface area contributed by atoms with E-state index in [9.17, 15) is 4.79 Å². The number of fused-ring (bicyclic) bond motifs is 4. The molecule has 4 heterocycles. The highest BCUT2D eigenvalue weighted by Gasteiger charge is 2.35. The highest BCUT2D eigenvalue weighted by Crippen LogP contribution is 2.36. The van der Waals surface area contributed by atoms with Crippen molar-refractivity contribution in [3.8, 4) is 0 Å². The van der Waals surface area contributed by atoms with Gasteiger partial charge in [0.1, 0.15) is 0 Å². The molecule has 1 aromatic heterocycles. The van der Waals surface area contributed by atoms with Gasteiger partial charge in [-0.25, -0.2) is 0 Å². The van der Waals surface area contributed by atoms with Crippen LogP contribution in [0.4, 0.5) is 0 Å². The van der Waals surface area contributed by atoms with Crippen LogP contribution in [0, 0.1) is 11.8 Å². The van der Waals surface area contributed by atoms with Crippen molar-refractivity contribution in [3.05, 3.63) is 35.2 Å². The number of benzene rings is 1. The lowest BCUT2D eigenvalue weighted by Crippen LogP contribution is -2.47. The summed E-state index contributed by atoms with van der Waals surface area (Å²) >= 11 is 1.65. The monoisotopic (exact) mass is 321 g/mol. The van der Waals surface area contributed by atoms with Crippen molar-refractivity contribution in [1.82, 2.24) is 4.90 Å². The Kier molecular flexibility index (Phi) is 4.34. The predicted molar refractivity (Wildman–Crippen MR) is 90.7 cm³/mol. The SMILES string of the molecule is Cl.O=C(CC1CN2CCC1CC2)c1cc2ccccc2s1. The number of nitrogens with zero attached hydrogens (tertiary/aromatic N) is 1. The van der Waals surface area contributed by atoms with E-state index in [-0.39, 0.29) is 12.4 Å². The highest BCUT2D eigenvalue weighted by atomic mass is 35.5. The molecule has 21 heavy (non-hydrogen) atoms. The topological polar surface area (TPSA) is 20.3 Å². The first-order chi connectivity index (χ1) is 9.79. The van der Waals surface area contributed by atoms with Gasteiger partial charge in [0.2, 0.25) is 0 Å². The van der Waals surface area contributed by atoms with E-state index in [0.717, 1.165) is 23.8 Å². The number of hydrogen-bond donors (Lipinski definition) is 0. The molecule has 0 amide bonds. The van der Waals surface area contributed by atoms with E-state index in [1.54, 1.807) is 11.3 Å². The van der Waals surface area contributed by atoms with Gasteiger partial charge in [0.25, 0.3) is 0 Å². The Morgan fingerprint density at radius 2 is 2.00 bits per heavy atom. The number of piperidine rings is 3. The summed E-state index contributed by atoms with van der Waals surface area (Å²) in [5, 5.41) is 1.20. The molecular formula is C17H20ClNOS. The van der Waals surface area contributed by atoms with Crippen molar-refractivity contribution in [2.45, 2.75) is 19.3 Å². The minimum Gasteiger partial charge on any atom is -0.303 e. The van der Waals surface area contributed by atoms with Gasteiger partial charge in [0, 0.05) is 17.7 Å². The molecule has 2 aromatic rings. The first-order valence-electron chi connectivity index (χ1n) is 7.54. The van der Waals surface area contributed by atoms with Gasteiger partial charge in [-0.1, -0.05) is 18.2 Å². The smallest absolute Gasteiger partial charge is 0.173 e. The van der Waals surface area contributed by atoms with Crippen LogP contribution in [-0.2, 0) is 0 Å². The molecule has 2 nitrogen and oxygen atoms in total. The zero-order valence-corrected chi connectivity index (χ0v) is 13.6. The predicted octanol–water partition coefficient (Wildman–Crippen LogP) is 4.24. The van der Waals surface area contributed by atoms with Gasteiger partial charge in [-0.2, -0.15) is 0 Å². The summed E-state index contributed by atoms with van der Waals surface area (Å²) in [7, 11) is 0. The van der Waals surface area contributed by atoms with Crippen molar-refractivity contribution in [2.75, 3.05) is 19.6 Å². The minimum atomic E-state index is 0. The molecule has 3 fully saturated rings. The summed E-state index contributed by atoms with van der Waals surface area (Å²) in [6.07, 6.45) is 3.34. The number of rotatable bonds is 3. The Labute approximate surface area is 135 Å². The van der Waals surface area contributed by atoms with Crippen LogP contribution in [0.25, 0.3) is 10.1 Å². The van der Waals surface area contributed by atoms with Gasteiger partial charge >= 0.3 is 0 Å². The quantitative estimate of drug-likeness (QED) is 0.788. The first-order valence-corrected chi connectivity index (χ1v) is 8.35. The Bertz CT molecular complexity index is 612. The molecule has 0 saturated carbocycles. The largest absolute Gasteiger partial charge is 0.303 e. The summed E-state index contributed by atoms with van der Waals surface area (Å²) in [5.74, 6) is 1.73. The molecule has 0 N–H and O–H groups in total. The number of thiophene rings is 1. The summed E-state index contributed by atoms with van der Waals surface area (Å²) in [6, 6.07) is 10.3. The van der Waals surface area contributed by atoms with Gasteiger partial charge < -0.3 is 4.90 Å². The Balaban J connectivity index is 0.00000132. The molecule has 4 heteroatoms. The van der Waals surface area contributed by atoms with Crippen LogP contribution in [0.3, 0.4) is 0 Å². The molecule has 0 aliphatic carbocycles. The van der Waals surface area contributed by atoms with Crippen LogP contribution < -0.4 is 0 Å². The number of hydrogen-bond acceptors (Lipinski definition) is 3. The molecule has 3 aliphatic heterocycles. The molecule has 2 bridgehead atoms. The van der Waals surface area contributed by atoms with Crippen molar-refractivity contribution in [1.29, 1.82) is 0 Å². The molecule has 3 aliphatic rings. The highest BCUT2D eigenvalue weighted by molar-refractivity contribution is 7.20. The van der Waals surface area contributed by atoms with Gasteiger partial charge in [0.05, 0.1) is 4.88 Å². The fourth-order valence-electron chi connectivity index (χ4n) is 3.78. The van der Waals surface area contributed by atoms with Crippen LogP contribution in [0.1, 0.15) is 28.9 Å². The molecule has 1 atom stereocenters. The number of Topliss-reactive ketones (excluding diaryl/α,β-unsaturated/α-hetero) is 1. The van der Waals surface area contributed by atoms with E-state index in [2.05, 4.69) is 23.1 Å². The van der Waals surface area contributed by atoms with E-state index in [1.807, 2.05) is 12.1 Å². The number of carbonyl (C=O) groups is 1. The van der Waals surface area contributed by atoms with Crippen molar-refractivity contribution >= 4 is 39.6 Å². The standard InChI is InChI=1S/C17H19NOS.ClH/c19-15(9-14-11-18-7-5-12(14)6-8-18)17-10-13-3-1-2-4-16(13)20-17;/h1-4,10,12,14H,5-9,11H2;1H. The molecule has 0 radical (unpaired) electrons. The van der Waals surface area contributed by atoms with Gasteiger partial charge in [-0.15, -0.1) is 23.7 Å². The van der Waals surface area contributed by atoms with E-state index in [4.69, 9.17) is 0 Å². The van der Waals surface area contributed by atoms with Crippen LogP contribution >= 0.6 is 23.7 Å². The van der Waals surface area contributed by atoms with Crippen LogP contribution in [0.15, 0.2) is 30.3 Å². The minimum absolute atomic E-state index is 0. The lowest BCUT2D eigenvalue weighted by Gasteiger charge is -2.44. The molecule has 1 unspecified atom stereocenters. The zero-order valence-electron chi connectivity index (χ0n) is 12.0. The number of ketones is 1. The molecule has 5 rings (SSSR count). The van der Waals surface area contributed by atoms with E-state index < -0.39 is 0 Å². The van der Waals surface area contributed by atoms with E-state index in [1.165, 1.54) is 36.0 Å². The summed E-state index contributed by atoms with van der Waals surface area (Å²) < 4.78 is 1.23. The Morgan fingerprint density at radius 3 is 2.67 bits per heavy atom. The third kappa shape index (κ3) is 2.87.